The molecule has 92 valence electrons. The number of aromatic nitrogens is 1. The van der Waals surface area contributed by atoms with E-state index in [1.807, 2.05) is 18.2 Å². The molecule has 1 aromatic carbocycles. The Hall–Kier alpha value is -1.83. The third-order valence-electron chi connectivity index (χ3n) is 3.54. The lowest BCUT2D eigenvalue weighted by molar-refractivity contribution is 0.415. The topological polar surface area (TPSA) is 22.1 Å². The van der Waals surface area contributed by atoms with Crippen molar-refractivity contribution >= 4 is 0 Å². The van der Waals surface area contributed by atoms with Crippen molar-refractivity contribution in [3.05, 3.63) is 47.7 Å². The number of hydrogen-bond donors (Lipinski definition) is 0. The Kier molecular flexibility index (Phi) is 3.01. The van der Waals surface area contributed by atoms with Crippen molar-refractivity contribution < 1.29 is 4.74 Å². The zero-order valence-electron chi connectivity index (χ0n) is 10.6. The Balaban J connectivity index is 2.00. The van der Waals surface area contributed by atoms with Crippen LogP contribution in [0.25, 0.3) is 11.3 Å². The average molecular weight is 239 g/mol. The molecule has 0 fully saturated rings. The summed E-state index contributed by atoms with van der Waals surface area (Å²) in [5.41, 5.74) is 4.88. The van der Waals surface area contributed by atoms with Gasteiger partial charge in [0.1, 0.15) is 5.75 Å². The molecule has 0 bridgehead atoms. The van der Waals surface area contributed by atoms with E-state index in [4.69, 9.17) is 9.72 Å². The first-order valence-electron chi connectivity index (χ1n) is 6.50. The van der Waals surface area contributed by atoms with Crippen LogP contribution in [0.3, 0.4) is 0 Å². The molecule has 1 heterocycles. The maximum atomic E-state index is 5.26. The van der Waals surface area contributed by atoms with E-state index in [1.54, 1.807) is 7.11 Å². The van der Waals surface area contributed by atoms with Crippen LogP contribution in [0.1, 0.15) is 24.1 Å². The van der Waals surface area contributed by atoms with Crippen molar-refractivity contribution in [3.63, 3.8) is 0 Å². The minimum atomic E-state index is 0.882. The van der Waals surface area contributed by atoms with E-state index >= 15 is 0 Å². The van der Waals surface area contributed by atoms with E-state index in [9.17, 15) is 0 Å². The van der Waals surface area contributed by atoms with Crippen LogP contribution in [-0.2, 0) is 12.8 Å². The summed E-state index contributed by atoms with van der Waals surface area (Å²) in [5.74, 6) is 0.882. The van der Waals surface area contributed by atoms with Crippen LogP contribution in [0, 0.1) is 0 Å². The van der Waals surface area contributed by atoms with Gasteiger partial charge in [-0.1, -0.05) is 18.2 Å². The molecule has 0 saturated heterocycles. The predicted molar refractivity (Wildman–Crippen MR) is 72.9 cm³/mol. The van der Waals surface area contributed by atoms with E-state index in [-0.39, 0.29) is 0 Å². The Labute approximate surface area is 108 Å². The lowest BCUT2D eigenvalue weighted by atomic mass is 9.95. The van der Waals surface area contributed by atoms with Gasteiger partial charge in [0.2, 0.25) is 0 Å². The molecule has 0 radical (unpaired) electrons. The molecule has 0 amide bonds. The van der Waals surface area contributed by atoms with Gasteiger partial charge in [-0.25, -0.2) is 0 Å². The number of ether oxygens (including phenoxy) is 1. The minimum Gasteiger partial charge on any atom is -0.497 e. The van der Waals surface area contributed by atoms with Crippen LogP contribution in [0.2, 0.25) is 0 Å². The number of fused-ring (bicyclic) bond motifs is 1. The monoisotopic (exact) mass is 239 g/mol. The molecule has 1 aliphatic rings. The van der Waals surface area contributed by atoms with Gasteiger partial charge in [-0.15, -0.1) is 0 Å². The molecule has 3 rings (SSSR count). The maximum absolute atomic E-state index is 5.26. The van der Waals surface area contributed by atoms with E-state index in [0.29, 0.717) is 0 Å². The fourth-order valence-electron chi connectivity index (χ4n) is 2.53. The second-order valence-electron chi connectivity index (χ2n) is 4.74. The van der Waals surface area contributed by atoms with Gasteiger partial charge in [0.05, 0.1) is 12.8 Å². The standard InChI is InChI=1S/C16H17NO/c1-18-14-7-4-6-13(11-14)16-10-9-12-5-2-3-8-15(12)17-16/h4,6-7,9-11H,2-3,5,8H2,1H3. The van der Waals surface area contributed by atoms with Crippen molar-refractivity contribution in [3.8, 4) is 17.0 Å². The lowest BCUT2D eigenvalue weighted by Crippen LogP contribution is -2.05. The van der Waals surface area contributed by atoms with Gasteiger partial charge in [0.25, 0.3) is 0 Å². The van der Waals surface area contributed by atoms with Crippen LogP contribution in [0.5, 0.6) is 5.75 Å². The molecule has 18 heavy (non-hydrogen) atoms. The Morgan fingerprint density at radius 2 is 1.94 bits per heavy atom. The fourth-order valence-corrected chi connectivity index (χ4v) is 2.53. The average Bonchev–Trinajstić information content (AvgIpc) is 2.47. The third kappa shape index (κ3) is 2.10. The van der Waals surface area contributed by atoms with Gasteiger partial charge in [-0.05, 0) is 49.4 Å². The minimum absolute atomic E-state index is 0.882. The Morgan fingerprint density at radius 3 is 2.83 bits per heavy atom. The molecule has 2 nitrogen and oxygen atoms in total. The van der Waals surface area contributed by atoms with E-state index in [0.717, 1.165) is 23.4 Å². The number of hydrogen-bond acceptors (Lipinski definition) is 2. The Bertz CT molecular complexity index is 563. The summed E-state index contributed by atoms with van der Waals surface area (Å²) in [6, 6.07) is 12.4. The number of aryl methyl sites for hydroxylation is 2. The first-order valence-corrected chi connectivity index (χ1v) is 6.50. The molecule has 0 spiro atoms. The van der Waals surface area contributed by atoms with Gasteiger partial charge in [-0.2, -0.15) is 0 Å². The lowest BCUT2D eigenvalue weighted by Gasteiger charge is -2.15. The number of methoxy groups -OCH3 is 1. The largest absolute Gasteiger partial charge is 0.497 e. The highest BCUT2D eigenvalue weighted by Gasteiger charge is 2.11. The van der Waals surface area contributed by atoms with Gasteiger partial charge in [0.15, 0.2) is 0 Å². The summed E-state index contributed by atoms with van der Waals surface area (Å²) in [5, 5.41) is 0. The fraction of sp³-hybridized carbons (Fsp3) is 0.312. The summed E-state index contributed by atoms with van der Waals surface area (Å²) >= 11 is 0. The molecule has 0 saturated carbocycles. The molecule has 0 N–H and O–H groups in total. The zero-order valence-corrected chi connectivity index (χ0v) is 10.6. The predicted octanol–water partition coefficient (Wildman–Crippen LogP) is 3.64. The summed E-state index contributed by atoms with van der Waals surface area (Å²) in [6.45, 7) is 0. The van der Waals surface area contributed by atoms with Gasteiger partial charge >= 0.3 is 0 Å². The maximum Gasteiger partial charge on any atom is 0.119 e. The first-order chi connectivity index (χ1) is 8.86. The van der Waals surface area contributed by atoms with Crippen molar-refractivity contribution in [1.82, 2.24) is 4.98 Å². The van der Waals surface area contributed by atoms with Crippen LogP contribution < -0.4 is 4.74 Å². The van der Waals surface area contributed by atoms with Crippen LogP contribution in [0.15, 0.2) is 36.4 Å². The van der Waals surface area contributed by atoms with E-state index in [1.165, 1.54) is 30.5 Å². The Morgan fingerprint density at radius 1 is 1.06 bits per heavy atom. The molecular formula is C16H17NO. The van der Waals surface area contributed by atoms with Gasteiger partial charge in [0, 0.05) is 11.3 Å². The van der Waals surface area contributed by atoms with Crippen molar-refractivity contribution in [2.45, 2.75) is 25.7 Å². The summed E-state index contributed by atoms with van der Waals surface area (Å²) in [6.07, 6.45) is 4.86. The smallest absolute Gasteiger partial charge is 0.119 e. The molecule has 1 aliphatic carbocycles. The molecule has 2 heteroatoms. The third-order valence-corrected chi connectivity index (χ3v) is 3.54. The van der Waals surface area contributed by atoms with Gasteiger partial charge < -0.3 is 4.74 Å². The molecule has 0 aliphatic heterocycles. The summed E-state index contributed by atoms with van der Waals surface area (Å²) < 4.78 is 5.26. The SMILES string of the molecule is COc1cccc(-c2ccc3c(n2)CCCC3)c1. The first kappa shape index (κ1) is 11.3. The van der Waals surface area contributed by atoms with Crippen molar-refractivity contribution in [2.75, 3.05) is 7.11 Å². The molecule has 1 aromatic heterocycles. The number of rotatable bonds is 2. The molecular weight excluding hydrogens is 222 g/mol. The number of nitrogens with zero attached hydrogens (tertiary/aromatic N) is 1. The summed E-state index contributed by atoms with van der Waals surface area (Å²) in [7, 11) is 1.69. The van der Waals surface area contributed by atoms with Crippen LogP contribution in [0.4, 0.5) is 0 Å². The normalized spacial score (nSPS) is 14.1. The van der Waals surface area contributed by atoms with Gasteiger partial charge in [-0.3, -0.25) is 4.98 Å². The second-order valence-corrected chi connectivity index (χ2v) is 4.74. The highest BCUT2D eigenvalue weighted by atomic mass is 16.5. The quantitative estimate of drug-likeness (QED) is 0.798. The van der Waals surface area contributed by atoms with E-state index in [2.05, 4.69) is 18.2 Å². The highest BCUT2D eigenvalue weighted by molar-refractivity contribution is 5.61. The second kappa shape index (κ2) is 4.81. The van der Waals surface area contributed by atoms with Crippen molar-refractivity contribution in [2.24, 2.45) is 0 Å². The number of pyridine rings is 1. The molecule has 2 aromatic rings. The highest BCUT2D eigenvalue weighted by Crippen LogP contribution is 2.26. The molecule has 0 atom stereocenters. The molecule has 0 unspecified atom stereocenters. The van der Waals surface area contributed by atoms with E-state index < -0.39 is 0 Å². The summed E-state index contributed by atoms with van der Waals surface area (Å²) in [4.78, 5) is 4.80. The van der Waals surface area contributed by atoms with Crippen molar-refractivity contribution in [1.29, 1.82) is 0 Å². The van der Waals surface area contributed by atoms with Crippen LogP contribution in [-0.4, -0.2) is 12.1 Å². The zero-order chi connectivity index (χ0) is 12.4. The van der Waals surface area contributed by atoms with Crippen LogP contribution >= 0.6 is 0 Å². The number of benzene rings is 1.